The Bertz CT molecular complexity index is 992. The van der Waals surface area contributed by atoms with E-state index in [1.165, 1.54) is 0 Å². The lowest BCUT2D eigenvalue weighted by molar-refractivity contribution is -0.152. The fraction of sp³-hybridized carbons (Fsp3) is 0.533. The third-order valence-electron chi connectivity index (χ3n) is 6.71. The molecular formula is C30H40O7. The summed E-state index contributed by atoms with van der Waals surface area (Å²) in [6.45, 7) is 8.38. The molecule has 3 rings (SSSR count). The molecule has 1 aromatic rings. The number of fused-ring (bicyclic) bond motifs is 1. The number of esters is 2. The lowest BCUT2D eigenvalue weighted by Crippen LogP contribution is -2.31. The van der Waals surface area contributed by atoms with Gasteiger partial charge in [0.1, 0.15) is 11.9 Å². The monoisotopic (exact) mass is 512 g/mol. The van der Waals surface area contributed by atoms with Crippen molar-refractivity contribution in [2.24, 2.45) is 23.7 Å². The van der Waals surface area contributed by atoms with Crippen molar-refractivity contribution in [2.45, 2.75) is 65.3 Å². The number of allylic oxidation sites excluding steroid dienone is 1. The molecule has 0 saturated heterocycles. The maximum Gasteiger partial charge on any atom is 0.339 e. The fourth-order valence-corrected chi connectivity index (χ4v) is 4.50. The van der Waals surface area contributed by atoms with Crippen LogP contribution in [-0.4, -0.2) is 53.7 Å². The highest BCUT2D eigenvalue weighted by Gasteiger charge is 2.31. The van der Waals surface area contributed by atoms with Gasteiger partial charge in [-0.3, -0.25) is 4.79 Å². The average molecular weight is 513 g/mol. The number of carbonyl (C=O) groups is 2. The zero-order valence-corrected chi connectivity index (χ0v) is 22.2. The summed E-state index contributed by atoms with van der Waals surface area (Å²) in [5.41, 5.74) is 1.37. The number of carbonyl (C=O) groups excluding carboxylic acids is 2. The van der Waals surface area contributed by atoms with Gasteiger partial charge in [0.2, 0.25) is 0 Å². The van der Waals surface area contributed by atoms with Crippen molar-refractivity contribution >= 4 is 17.5 Å². The molecule has 2 N–H and O–H groups in total. The smallest absolute Gasteiger partial charge is 0.339 e. The van der Waals surface area contributed by atoms with E-state index in [4.69, 9.17) is 14.2 Å². The second kappa shape index (κ2) is 13.6. The maximum absolute atomic E-state index is 12.5. The summed E-state index contributed by atoms with van der Waals surface area (Å²) in [6.07, 6.45) is 6.04. The van der Waals surface area contributed by atoms with E-state index >= 15 is 0 Å². The van der Waals surface area contributed by atoms with Gasteiger partial charge < -0.3 is 24.4 Å². The first-order chi connectivity index (χ1) is 17.7. The van der Waals surface area contributed by atoms with Crippen LogP contribution >= 0.6 is 0 Å². The Labute approximate surface area is 219 Å². The topological polar surface area (TPSA) is 102 Å². The van der Waals surface area contributed by atoms with Crippen molar-refractivity contribution in [2.75, 3.05) is 13.2 Å². The van der Waals surface area contributed by atoms with E-state index < -0.39 is 18.3 Å². The van der Waals surface area contributed by atoms with Gasteiger partial charge in [0, 0.05) is 18.8 Å². The van der Waals surface area contributed by atoms with Crippen molar-refractivity contribution in [1.29, 1.82) is 0 Å². The Morgan fingerprint density at radius 2 is 1.68 bits per heavy atom. The van der Waals surface area contributed by atoms with Gasteiger partial charge >= 0.3 is 11.9 Å². The Balaban J connectivity index is 1.41. The van der Waals surface area contributed by atoms with Gasteiger partial charge in [-0.1, -0.05) is 70.2 Å². The average Bonchev–Trinajstić information content (AvgIpc) is 2.86. The normalized spacial score (nSPS) is 21.5. The molecule has 0 fully saturated rings. The van der Waals surface area contributed by atoms with Crippen molar-refractivity contribution < 1.29 is 34.0 Å². The largest absolute Gasteiger partial charge is 0.494 e. The molecule has 0 saturated carbocycles. The molecule has 37 heavy (non-hydrogen) atoms. The van der Waals surface area contributed by atoms with Gasteiger partial charge in [-0.05, 0) is 36.0 Å². The third-order valence-corrected chi connectivity index (χ3v) is 6.71. The van der Waals surface area contributed by atoms with E-state index in [1.807, 2.05) is 62.4 Å². The Morgan fingerprint density at radius 3 is 2.32 bits per heavy atom. The molecule has 1 heterocycles. The second-order valence-corrected chi connectivity index (χ2v) is 10.5. The summed E-state index contributed by atoms with van der Waals surface area (Å²) in [6, 6.07) is 9.42. The quantitative estimate of drug-likeness (QED) is 0.377. The fourth-order valence-electron chi connectivity index (χ4n) is 4.50. The molecule has 1 aromatic carbocycles. The van der Waals surface area contributed by atoms with Crippen LogP contribution in [-0.2, 0) is 23.8 Å². The highest BCUT2D eigenvalue weighted by molar-refractivity contribution is 6.17. The molecule has 1 aliphatic carbocycles. The molecule has 1 aliphatic heterocycles. The molecule has 7 heteroatoms. The summed E-state index contributed by atoms with van der Waals surface area (Å²) >= 11 is 0. The summed E-state index contributed by atoms with van der Waals surface area (Å²) in [5, 5.41) is 20.6. The van der Waals surface area contributed by atoms with E-state index in [1.54, 1.807) is 6.08 Å². The highest BCUT2D eigenvalue weighted by atomic mass is 16.5. The minimum atomic E-state index is -1.03. The lowest BCUT2D eigenvalue weighted by atomic mass is 9.88. The van der Waals surface area contributed by atoms with Gasteiger partial charge in [0.25, 0.3) is 0 Å². The standard InChI is InChI=1S/C30H40O7/c1-19(2)16-24(20(3)4)29(33)36-15-13-27(32)26(31)12-14-35-23-11-10-22-17-25(21-8-6-5-7-9-21)30(34)37-28(22)18-23/h5-11,17-20,22,24,26-28,31-32H,12-16H2,1-4H3. The summed E-state index contributed by atoms with van der Waals surface area (Å²) in [4.78, 5) is 24.9. The number of ether oxygens (including phenoxy) is 3. The van der Waals surface area contributed by atoms with Crippen molar-refractivity contribution in [3.05, 3.63) is 66.0 Å². The van der Waals surface area contributed by atoms with Gasteiger partial charge in [-0.2, -0.15) is 0 Å². The number of benzene rings is 1. The third kappa shape index (κ3) is 8.30. The number of aliphatic hydroxyl groups is 2. The van der Waals surface area contributed by atoms with E-state index in [0.717, 1.165) is 12.0 Å². The van der Waals surface area contributed by atoms with Crippen LogP contribution in [0.4, 0.5) is 0 Å². The molecule has 202 valence electrons. The lowest BCUT2D eigenvalue weighted by Gasteiger charge is -2.29. The van der Waals surface area contributed by atoms with Crippen LogP contribution in [0.2, 0.25) is 0 Å². The number of rotatable bonds is 13. The molecule has 0 aromatic heterocycles. The van der Waals surface area contributed by atoms with Crippen LogP contribution in [0, 0.1) is 23.7 Å². The van der Waals surface area contributed by atoms with E-state index in [0.29, 0.717) is 17.3 Å². The van der Waals surface area contributed by atoms with Gasteiger partial charge in [-0.25, -0.2) is 4.79 Å². The van der Waals surface area contributed by atoms with Crippen LogP contribution in [0.3, 0.4) is 0 Å². The van der Waals surface area contributed by atoms with Crippen molar-refractivity contribution in [1.82, 2.24) is 0 Å². The molecule has 5 unspecified atom stereocenters. The SMILES string of the molecule is CC(C)CC(C(=O)OCCC(O)C(O)CCOC1=CC2OC(=O)C(c3ccccc3)=CC2C=C1)C(C)C. The summed E-state index contributed by atoms with van der Waals surface area (Å²) < 4.78 is 16.7. The minimum Gasteiger partial charge on any atom is -0.494 e. The molecule has 0 radical (unpaired) electrons. The molecule has 0 spiro atoms. The van der Waals surface area contributed by atoms with Crippen LogP contribution < -0.4 is 0 Å². The summed E-state index contributed by atoms with van der Waals surface area (Å²) in [5.74, 6) is 0.243. The highest BCUT2D eigenvalue weighted by Crippen LogP contribution is 2.31. The van der Waals surface area contributed by atoms with Crippen LogP contribution in [0.1, 0.15) is 52.5 Å². The second-order valence-electron chi connectivity index (χ2n) is 10.5. The number of aliphatic hydroxyl groups excluding tert-OH is 2. The molecular weight excluding hydrogens is 472 g/mol. The first-order valence-corrected chi connectivity index (χ1v) is 13.2. The Morgan fingerprint density at radius 1 is 1.00 bits per heavy atom. The molecule has 5 atom stereocenters. The zero-order valence-electron chi connectivity index (χ0n) is 22.2. The maximum atomic E-state index is 12.5. The minimum absolute atomic E-state index is 0.0556. The zero-order chi connectivity index (χ0) is 26.9. The predicted molar refractivity (Wildman–Crippen MR) is 141 cm³/mol. The molecule has 0 amide bonds. The van der Waals surface area contributed by atoms with Crippen LogP contribution in [0.15, 0.2) is 60.4 Å². The van der Waals surface area contributed by atoms with Gasteiger partial charge in [0.15, 0.2) is 0 Å². The van der Waals surface area contributed by atoms with E-state index in [9.17, 15) is 19.8 Å². The first-order valence-electron chi connectivity index (χ1n) is 13.2. The Kier molecular flexibility index (Phi) is 10.5. The predicted octanol–water partition coefficient (Wildman–Crippen LogP) is 4.45. The molecule has 7 nitrogen and oxygen atoms in total. The summed E-state index contributed by atoms with van der Waals surface area (Å²) in [7, 11) is 0. The van der Waals surface area contributed by atoms with E-state index in [-0.39, 0.29) is 55.7 Å². The first kappa shape index (κ1) is 28.7. The molecule has 2 aliphatic rings. The van der Waals surface area contributed by atoms with Crippen molar-refractivity contribution in [3.63, 3.8) is 0 Å². The van der Waals surface area contributed by atoms with E-state index in [2.05, 4.69) is 13.8 Å². The van der Waals surface area contributed by atoms with Crippen LogP contribution in [0.25, 0.3) is 5.57 Å². The number of hydrogen-bond donors (Lipinski definition) is 2. The van der Waals surface area contributed by atoms with Gasteiger partial charge in [-0.15, -0.1) is 0 Å². The Hall–Kier alpha value is -2.90. The van der Waals surface area contributed by atoms with Gasteiger partial charge in [0.05, 0.1) is 36.9 Å². The molecule has 0 bridgehead atoms. The number of hydrogen-bond acceptors (Lipinski definition) is 7. The van der Waals surface area contributed by atoms with Crippen LogP contribution in [0.5, 0.6) is 0 Å². The van der Waals surface area contributed by atoms with Crippen molar-refractivity contribution in [3.8, 4) is 0 Å².